The average molecular weight is 389 g/mol. The van der Waals surface area contributed by atoms with Gasteiger partial charge in [0, 0.05) is 5.56 Å². The molecule has 0 fully saturated rings. The second kappa shape index (κ2) is 6.07. The maximum absolute atomic E-state index is 11.8. The third kappa shape index (κ3) is 2.69. The number of methoxy groups -OCH3 is 1. The van der Waals surface area contributed by atoms with E-state index in [1.54, 1.807) is 19.1 Å². The van der Waals surface area contributed by atoms with Crippen LogP contribution in [0.15, 0.2) is 12.1 Å². The quantitative estimate of drug-likeness (QED) is 0.613. The number of hydrogen-bond donors (Lipinski definition) is 2. The van der Waals surface area contributed by atoms with Gasteiger partial charge in [-0.15, -0.1) is 5.10 Å². The van der Waals surface area contributed by atoms with Gasteiger partial charge in [-0.2, -0.15) is 10.3 Å². The monoisotopic (exact) mass is 389 g/mol. The first-order chi connectivity index (χ1) is 9.58. The Labute approximate surface area is 128 Å². The number of phenolic OH excluding ortho intramolecular Hbond substituents is 1. The molecule has 2 N–H and O–H groups in total. The number of esters is 1. The molecule has 2 rings (SSSR count). The highest BCUT2D eigenvalue weighted by Crippen LogP contribution is 2.36. The number of halogens is 1. The third-order valence-electron chi connectivity index (χ3n) is 2.54. The van der Waals surface area contributed by atoms with E-state index in [0.29, 0.717) is 20.6 Å². The van der Waals surface area contributed by atoms with E-state index in [2.05, 4.69) is 15.4 Å². The summed E-state index contributed by atoms with van der Waals surface area (Å²) in [6.07, 6.45) is 0. The minimum atomic E-state index is -0.557. The summed E-state index contributed by atoms with van der Waals surface area (Å²) in [5.41, 5.74) is 1.04. The molecule has 20 heavy (non-hydrogen) atoms. The lowest BCUT2D eigenvalue weighted by atomic mass is 10.1. The van der Waals surface area contributed by atoms with Crippen molar-refractivity contribution in [2.75, 3.05) is 13.7 Å². The highest BCUT2D eigenvalue weighted by molar-refractivity contribution is 14.1. The zero-order valence-electron chi connectivity index (χ0n) is 10.8. The van der Waals surface area contributed by atoms with Crippen LogP contribution in [0.2, 0.25) is 0 Å². The summed E-state index contributed by atoms with van der Waals surface area (Å²) in [7, 11) is 1.45. The van der Waals surface area contributed by atoms with Crippen LogP contribution in [0.5, 0.6) is 11.5 Å². The van der Waals surface area contributed by atoms with Gasteiger partial charge in [-0.25, -0.2) is 4.79 Å². The molecule has 0 saturated carbocycles. The fourth-order valence-electron chi connectivity index (χ4n) is 1.64. The normalized spacial score (nSPS) is 10.3. The molecule has 8 heteroatoms. The molecular formula is C12H12IN3O4. The zero-order valence-corrected chi connectivity index (χ0v) is 13.0. The SMILES string of the molecule is CCOC(=O)c1n[nH]nc1-c1cc(I)c(O)c(OC)c1. The number of phenols is 1. The molecule has 0 spiro atoms. The molecule has 0 atom stereocenters. The Morgan fingerprint density at radius 1 is 1.45 bits per heavy atom. The van der Waals surface area contributed by atoms with Crippen molar-refractivity contribution in [3.05, 3.63) is 21.4 Å². The molecule has 2 aromatic rings. The predicted octanol–water partition coefficient (Wildman–Crippen LogP) is 1.97. The van der Waals surface area contributed by atoms with Gasteiger partial charge < -0.3 is 14.6 Å². The molecule has 1 aromatic carbocycles. The zero-order chi connectivity index (χ0) is 14.7. The fourth-order valence-corrected chi connectivity index (χ4v) is 2.24. The number of aromatic amines is 1. The van der Waals surface area contributed by atoms with E-state index in [1.807, 2.05) is 22.6 Å². The first-order valence-corrected chi connectivity index (χ1v) is 6.81. The van der Waals surface area contributed by atoms with Crippen LogP contribution in [0.1, 0.15) is 17.4 Å². The van der Waals surface area contributed by atoms with E-state index in [0.717, 1.165) is 0 Å². The van der Waals surface area contributed by atoms with Crippen molar-refractivity contribution >= 4 is 28.6 Å². The van der Waals surface area contributed by atoms with Crippen LogP contribution in [-0.2, 0) is 4.74 Å². The van der Waals surface area contributed by atoms with Gasteiger partial charge in [-0.3, -0.25) is 0 Å². The maximum atomic E-state index is 11.8. The number of nitrogens with one attached hydrogen (secondary N) is 1. The summed E-state index contributed by atoms with van der Waals surface area (Å²) in [4.78, 5) is 11.8. The number of hydrogen-bond acceptors (Lipinski definition) is 6. The van der Waals surface area contributed by atoms with Crippen LogP contribution in [0, 0.1) is 3.57 Å². The van der Waals surface area contributed by atoms with Gasteiger partial charge in [0.1, 0.15) is 5.69 Å². The largest absolute Gasteiger partial charge is 0.504 e. The highest BCUT2D eigenvalue weighted by atomic mass is 127. The van der Waals surface area contributed by atoms with Gasteiger partial charge in [0.05, 0.1) is 17.3 Å². The molecule has 0 aliphatic rings. The molecule has 106 valence electrons. The summed E-state index contributed by atoms with van der Waals surface area (Å²) in [5.74, 6) is -0.221. The number of rotatable bonds is 4. The lowest BCUT2D eigenvalue weighted by Crippen LogP contribution is -2.06. The van der Waals surface area contributed by atoms with Crippen molar-refractivity contribution in [1.29, 1.82) is 0 Å². The van der Waals surface area contributed by atoms with Gasteiger partial charge in [0.15, 0.2) is 17.2 Å². The Morgan fingerprint density at radius 3 is 2.85 bits per heavy atom. The van der Waals surface area contributed by atoms with E-state index in [9.17, 15) is 9.90 Å². The maximum Gasteiger partial charge on any atom is 0.361 e. The lowest BCUT2D eigenvalue weighted by Gasteiger charge is -2.08. The van der Waals surface area contributed by atoms with Crippen LogP contribution >= 0.6 is 22.6 Å². The number of ether oxygens (including phenoxy) is 2. The van der Waals surface area contributed by atoms with Gasteiger partial charge in [0.25, 0.3) is 0 Å². The first kappa shape index (κ1) is 14.6. The summed E-state index contributed by atoms with van der Waals surface area (Å²) >= 11 is 1.96. The number of aromatic nitrogens is 3. The van der Waals surface area contributed by atoms with Crippen LogP contribution in [-0.4, -0.2) is 40.2 Å². The Bertz CT molecular complexity index is 642. The molecule has 1 aromatic heterocycles. The van der Waals surface area contributed by atoms with Gasteiger partial charge >= 0.3 is 5.97 Å². The Morgan fingerprint density at radius 2 is 2.20 bits per heavy atom. The van der Waals surface area contributed by atoms with E-state index >= 15 is 0 Å². The topological polar surface area (TPSA) is 97.3 Å². The number of carbonyl (C=O) groups is 1. The molecule has 0 aliphatic heterocycles. The van der Waals surface area contributed by atoms with Crippen molar-refractivity contribution in [1.82, 2.24) is 15.4 Å². The fraction of sp³-hybridized carbons (Fsp3) is 0.250. The minimum absolute atomic E-state index is 0.0398. The summed E-state index contributed by atoms with van der Waals surface area (Å²) in [5, 5.41) is 20.0. The van der Waals surface area contributed by atoms with E-state index in [-0.39, 0.29) is 18.1 Å². The van der Waals surface area contributed by atoms with Crippen molar-refractivity contribution < 1.29 is 19.4 Å². The second-order valence-electron chi connectivity index (χ2n) is 3.75. The number of H-pyrrole nitrogens is 1. The lowest BCUT2D eigenvalue weighted by molar-refractivity contribution is 0.0520. The van der Waals surface area contributed by atoms with E-state index in [4.69, 9.17) is 9.47 Å². The van der Waals surface area contributed by atoms with Gasteiger partial charge in [-0.05, 0) is 41.6 Å². The third-order valence-corrected chi connectivity index (χ3v) is 3.36. The number of aromatic hydroxyl groups is 1. The molecule has 1 heterocycles. The van der Waals surface area contributed by atoms with E-state index in [1.165, 1.54) is 7.11 Å². The van der Waals surface area contributed by atoms with Crippen molar-refractivity contribution in [3.8, 4) is 22.8 Å². The molecule has 7 nitrogen and oxygen atoms in total. The summed E-state index contributed by atoms with van der Waals surface area (Å²) < 4.78 is 10.6. The highest BCUT2D eigenvalue weighted by Gasteiger charge is 2.21. The first-order valence-electron chi connectivity index (χ1n) is 5.73. The average Bonchev–Trinajstić information content (AvgIpc) is 2.91. The molecule has 0 radical (unpaired) electrons. The number of carbonyl (C=O) groups excluding carboxylic acids is 1. The van der Waals surface area contributed by atoms with Crippen LogP contribution in [0.4, 0.5) is 0 Å². The second-order valence-corrected chi connectivity index (χ2v) is 4.91. The van der Waals surface area contributed by atoms with Crippen LogP contribution in [0.25, 0.3) is 11.3 Å². The molecule has 0 amide bonds. The van der Waals surface area contributed by atoms with E-state index < -0.39 is 5.97 Å². The predicted molar refractivity (Wildman–Crippen MR) is 78.7 cm³/mol. The van der Waals surface area contributed by atoms with Crippen molar-refractivity contribution in [3.63, 3.8) is 0 Å². The molecule has 0 unspecified atom stereocenters. The van der Waals surface area contributed by atoms with Crippen LogP contribution in [0.3, 0.4) is 0 Å². The molecule has 0 aliphatic carbocycles. The molecule has 0 saturated heterocycles. The van der Waals surface area contributed by atoms with Crippen molar-refractivity contribution in [2.24, 2.45) is 0 Å². The molecular weight excluding hydrogens is 377 g/mol. The standard InChI is InChI=1S/C12H12IN3O4/c1-3-20-12(18)10-9(14-16-15-10)6-4-7(13)11(17)8(5-6)19-2/h4-5,17H,3H2,1-2H3,(H,14,15,16). The van der Waals surface area contributed by atoms with Gasteiger partial charge in [-0.1, -0.05) is 0 Å². The summed E-state index contributed by atoms with van der Waals surface area (Å²) in [6.45, 7) is 1.96. The number of nitrogens with zero attached hydrogens (tertiary/aromatic N) is 2. The Kier molecular flexibility index (Phi) is 4.42. The minimum Gasteiger partial charge on any atom is -0.504 e. The Balaban J connectivity index is 2.50. The Hall–Kier alpha value is -1.84. The van der Waals surface area contributed by atoms with Crippen molar-refractivity contribution in [2.45, 2.75) is 6.92 Å². The van der Waals surface area contributed by atoms with Gasteiger partial charge in [0.2, 0.25) is 0 Å². The smallest absolute Gasteiger partial charge is 0.361 e. The van der Waals surface area contributed by atoms with Crippen LogP contribution < -0.4 is 4.74 Å². The summed E-state index contributed by atoms with van der Waals surface area (Å²) in [6, 6.07) is 3.26. The number of benzene rings is 1. The molecule has 0 bridgehead atoms.